The van der Waals surface area contributed by atoms with E-state index >= 15 is 0 Å². The minimum absolute atomic E-state index is 0.211. The molecule has 1 aliphatic carbocycles. The highest BCUT2D eigenvalue weighted by Crippen LogP contribution is 2.41. The summed E-state index contributed by atoms with van der Waals surface area (Å²) < 4.78 is 0. The molecule has 100 valence electrons. The molecule has 0 aliphatic heterocycles. The minimum atomic E-state index is -0.518. The Morgan fingerprint density at radius 1 is 1.59 bits per heavy atom. The number of primary amides is 1. The number of rotatable bonds is 10. The molecule has 5 heteroatoms. The van der Waals surface area contributed by atoms with E-state index in [2.05, 4.69) is 12.2 Å². The summed E-state index contributed by atoms with van der Waals surface area (Å²) in [6, 6.07) is 0. The van der Waals surface area contributed by atoms with Gasteiger partial charge in [0.2, 0.25) is 5.91 Å². The maximum absolute atomic E-state index is 11.8. The lowest BCUT2D eigenvalue weighted by Crippen LogP contribution is -2.59. The molecule has 0 aromatic carbocycles. The molecule has 1 amide bonds. The molecule has 1 saturated carbocycles. The van der Waals surface area contributed by atoms with Crippen molar-refractivity contribution < 1.29 is 9.90 Å². The molecule has 1 rings (SSSR count). The number of carbonyl (C=O) groups is 1. The molecule has 0 saturated heterocycles. The zero-order chi connectivity index (χ0) is 12.7. The second kappa shape index (κ2) is 7.24. The van der Waals surface area contributed by atoms with Crippen LogP contribution in [-0.4, -0.2) is 41.2 Å². The second-order valence-corrected chi connectivity index (χ2v) is 5.77. The Morgan fingerprint density at radius 2 is 2.29 bits per heavy atom. The number of amides is 1. The average Bonchev–Trinajstić information content (AvgIpc) is 3.12. The fourth-order valence-corrected chi connectivity index (χ4v) is 3.28. The fourth-order valence-electron chi connectivity index (χ4n) is 2.00. The van der Waals surface area contributed by atoms with Crippen LogP contribution in [0, 0.1) is 5.92 Å². The van der Waals surface area contributed by atoms with Crippen molar-refractivity contribution in [1.82, 2.24) is 5.32 Å². The average molecular weight is 260 g/mol. The highest BCUT2D eigenvalue weighted by molar-refractivity contribution is 7.99. The highest BCUT2D eigenvalue weighted by atomic mass is 32.2. The number of hydrogen-bond acceptors (Lipinski definition) is 4. The smallest absolute Gasteiger partial charge is 0.238 e. The number of aliphatic hydroxyl groups excluding tert-OH is 1. The monoisotopic (exact) mass is 260 g/mol. The predicted molar refractivity (Wildman–Crippen MR) is 72.0 cm³/mol. The van der Waals surface area contributed by atoms with E-state index in [9.17, 15) is 4.79 Å². The molecular weight excluding hydrogens is 236 g/mol. The van der Waals surface area contributed by atoms with Crippen molar-refractivity contribution >= 4 is 17.7 Å². The first-order valence-electron chi connectivity index (χ1n) is 6.41. The van der Waals surface area contributed by atoms with Crippen molar-refractivity contribution in [1.29, 1.82) is 0 Å². The van der Waals surface area contributed by atoms with Crippen molar-refractivity contribution in [2.45, 2.75) is 38.1 Å². The summed E-state index contributed by atoms with van der Waals surface area (Å²) in [4.78, 5) is 11.8. The SMILES string of the molecule is CCCNC(CSCCCO)(C(N)=O)C1CC1. The zero-order valence-electron chi connectivity index (χ0n) is 10.6. The molecule has 0 bridgehead atoms. The first kappa shape index (κ1) is 14.8. The summed E-state index contributed by atoms with van der Waals surface area (Å²) in [5.74, 6) is 1.80. The lowest BCUT2D eigenvalue weighted by molar-refractivity contribution is -0.124. The summed E-state index contributed by atoms with van der Waals surface area (Å²) in [5, 5.41) is 12.1. The molecule has 4 nitrogen and oxygen atoms in total. The molecule has 0 spiro atoms. The van der Waals surface area contributed by atoms with E-state index < -0.39 is 5.54 Å². The molecule has 0 heterocycles. The number of nitrogens with one attached hydrogen (secondary N) is 1. The van der Waals surface area contributed by atoms with E-state index in [0.717, 1.165) is 43.7 Å². The minimum Gasteiger partial charge on any atom is -0.396 e. The Balaban J connectivity index is 2.52. The quantitative estimate of drug-likeness (QED) is 0.506. The summed E-state index contributed by atoms with van der Waals surface area (Å²) in [6.07, 6.45) is 3.97. The van der Waals surface area contributed by atoms with Crippen LogP contribution in [-0.2, 0) is 4.79 Å². The number of aliphatic hydroxyl groups is 1. The van der Waals surface area contributed by atoms with E-state index in [1.807, 2.05) is 0 Å². The van der Waals surface area contributed by atoms with Gasteiger partial charge in [-0.15, -0.1) is 0 Å². The van der Waals surface area contributed by atoms with Crippen molar-refractivity contribution in [2.75, 3.05) is 24.7 Å². The molecule has 1 fully saturated rings. The third kappa shape index (κ3) is 4.16. The molecule has 0 aromatic rings. The number of hydrogen-bond donors (Lipinski definition) is 3. The van der Waals surface area contributed by atoms with Gasteiger partial charge in [-0.2, -0.15) is 11.8 Å². The lowest BCUT2D eigenvalue weighted by Gasteiger charge is -2.31. The van der Waals surface area contributed by atoms with Crippen LogP contribution in [0.5, 0.6) is 0 Å². The maximum Gasteiger partial charge on any atom is 0.238 e. The van der Waals surface area contributed by atoms with E-state index in [4.69, 9.17) is 10.8 Å². The number of nitrogens with two attached hydrogens (primary N) is 1. The van der Waals surface area contributed by atoms with Crippen LogP contribution in [0.25, 0.3) is 0 Å². The van der Waals surface area contributed by atoms with Crippen LogP contribution in [0.4, 0.5) is 0 Å². The Kier molecular flexibility index (Phi) is 6.30. The topological polar surface area (TPSA) is 75.3 Å². The second-order valence-electron chi connectivity index (χ2n) is 4.67. The summed E-state index contributed by atoms with van der Waals surface area (Å²) in [5.41, 5.74) is 5.09. The predicted octanol–water partition coefficient (Wildman–Crippen LogP) is 0.736. The van der Waals surface area contributed by atoms with Gasteiger partial charge in [0, 0.05) is 12.4 Å². The Bertz CT molecular complexity index is 247. The Labute approximate surface area is 108 Å². The zero-order valence-corrected chi connectivity index (χ0v) is 11.4. The van der Waals surface area contributed by atoms with Gasteiger partial charge in [0.1, 0.15) is 5.54 Å². The largest absolute Gasteiger partial charge is 0.396 e. The molecule has 1 aliphatic rings. The van der Waals surface area contributed by atoms with Crippen LogP contribution in [0.15, 0.2) is 0 Å². The Hall–Kier alpha value is -0.260. The van der Waals surface area contributed by atoms with Gasteiger partial charge in [-0.3, -0.25) is 4.79 Å². The summed E-state index contributed by atoms with van der Waals surface area (Å²) in [6.45, 7) is 3.13. The molecule has 0 aromatic heterocycles. The van der Waals surface area contributed by atoms with E-state index in [1.54, 1.807) is 11.8 Å². The van der Waals surface area contributed by atoms with Gasteiger partial charge >= 0.3 is 0 Å². The van der Waals surface area contributed by atoms with E-state index in [1.165, 1.54) is 0 Å². The van der Waals surface area contributed by atoms with Crippen LogP contribution in [0.3, 0.4) is 0 Å². The van der Waals surface area contributed by atoms with Gasteiger partial charge in [0.15, 0.2) is 0 Å². The Morgan fingerprint density at radius 3 is 2.76 bits per heavy atom. The van der Waals surface area contributed by atoms with Crippen LogP contribution < -0.4 is 11.1 Å². The maximum atomic E-state index is 11.8. The van der Waals surface area contributed by atoms with Gasteiger partial charge in [-0.05, 0) is 43.9 Å². The third-order valence-electron chi connectivity index (χ3n) is 3.18. The molecule has 1 atom stereocenters. The molecule has 1 unspecified atom stereocenters. The summed E-state index contributed by atoms with van der Waals surface area (Å²) >= 11 is 1.71. The standard InChI is InChI=1S/C12H24N2O2S/c1-2-6-14-12(11(13)16,10-4-5-10)9-17-8-3-7-15/h10,14-15H,2-9H2,1H3,(H2,13,16). The van der Waals surface area contributed by atoms with Crippen LogP contribution in [0.1, 0.15) is 32.6 Å². The number of carbonyl (C=O) groups excluding carboxylic acids is 1. The highest BCUT2D eigenvalue weighted by Gasteiger charge is 2.49. The van der Waals surface area contributed by atoms with Gasteiger partial charge in [0.25, 0.3) is 0 Å². The number of thioether (sulfide) groups is 1. The van der Waals surface area contributed by atoms with Gasteiger partial charge in [-0.25, -0.2) is 0 Å². The normalized spacial score (nSPS) is 18.9. The van der Waals surface area contributed by atoms with Gasteiger partial charge in [0.05, 0.1) is 0 Å². The van der Waals surface area contributed by atoms with Crippen molar-refractivity contribution in [3.8, 4) is 0 Å². The van der Waals surface area contributed by atoms with E-state index in [-0.39, 0.29) is 12.5 Å². The lowest BCUT2D eigenvalue weighted by atomic mass is 9.94. The van der Waals surface area contributed by atoms with Crippen LogP contribution >= 0.6 is 11.8 Å². The first-order valence-corrected chi connectivity index (χ1v) is 7.56. The summed E-state index contributed by atoms with van der Waals surface area (Å²) in [7, 11) is 0. The molecule has 17 heavy (non-hydrogen) atoms. The van der Waals surface area contributed by atoms with Crippen LogP contribution in [0.2, 0.25) is 0 Å². The first-order chi connectivity index (χ1) is 8.17. The van der Waals surface area contributed by atoms with Gasteiger partial charge < -0.3 is 16.2 Å². The fraction of sp³-hybridized carbons (Fsp3) is 0.917. The van der Waals surface area contributed by atoms with Gasteiger partial charge in [-0.1, -0.05) is 6.92 Å². The third-order valence-corrected chi connectivity index (χ3v) is 4.42. The molecule has 4 N–H and O–H groups in total. The van der Waals surface area contributed by atoms with E-state index in [0.29, 0.717) is 5.92 Å². The molecular formula is C12H24N2O2S. The molecule has 0 radical (unpaired) electrons. The van der Waals surface area contributed by atoms with Crippen molar-refractivity contribution in [3.05, 3.63) is 0 Å². The van der Waals surface area contributed by atoms with Crippen molar-refractivity contribution in [2.24, 2.45) is 11.7 Å². The van der Waals surface area contributed by atoms with Crippen molar-refractivity contribution in [3.63, 3.8) is 0 Å².